The van der Waals surface area contributed by atoms with Crippen LogP contribution in [0.25, 0.3) is 0 Å². The van der Waals surface area contributed by atoms with Crippen LogP contribution in [0.1, 0.15) is 55.5 Å². The van der Waals surface area contributed by atoms with Crippen LogP contribution in [0.3, 0.4) is 0 Å². The van der Waals surface area contributed by atoms with Gasteiger partial charge in [-0.3, -0.25) is 4.79 Å². The van der Waals surface area contributed by atoms with Crippen molar-refractivity contribution in [3.8, 4) is 5.75 Å². The molecule has 1 heterocycles. The third kappa shape index (κ3) is 2.25. The number of fused-ring (bicyclic) bond motifs is 1. The third-order valence-corrected chi connectivity index (χ3v) is 3.53. The number of ether oxygens (including phenoxy) is 1. The summed E-state index contributed by atoms with van der Waals surface area (Å²) in [5.41, 5.74) is 1.85. The van der Waals surface area contributed by atoms with Crippen LogP contribution in [0.4, 0.5) is 0 Å². The van der Waals surface area contributed by atoms with Gasteiger partial charge in [-0.15, -0.1) is 0 Å². The molecule has 1 aliphatic heterocycles. The van der Waals surface area contributed by atoms with Gasteiger partial charge in [0.05, 0.1) is 5.56 Å². The molecule has 2 rings (SSSR count). The van der Waals surface area contributed by atoms with E-state index in [1.54, 1.807) is 0 Å². The predicted octanol–water partition coefficient (Wildman–Crippen LogP) is 4.32. The molecular weight excluding hydrogens is 280 g/mol. The maximum Gasteiger partial charge on any atom is 0.207 e. The molecule has 0 spiro atoms. The van der Waals surface area contributed by atoms with E-state index in [0.717, 1.165) is 34.2 Å². The van der Waals surface area contributed by atoms with E-state index in [9.17, 15) is 4.79 Å². The van der Waals surface area contributed by atoms with E-state index < -0.39 is 0 Å². The molecule has 92 valence electrons. The van der Waals surface area contributed by atoms with Gasteiger partial charge in [-0.2, -0.15) is 0 Å². The highest BCUT2D eigenvalue weighted by Crippen LogP contribution is 2.39. The van der Waals surface area contributed by atoms with Gasteiger partial charge < -0.3 is 4.74 Å². The molecule has 0 aromatic heterocycles. The van der Waals surface area contributed by atoms with Crippen LogP contribution in [-0.2, 0) is 0 Å². The summed E-state index contributed by atoms with van der Waals surface area (Å²) in [7, 11) is 0. The van der Waals surface area contributed by atoms with Crippen molar-refractivity contribution in [1.29, 1.82) is 0 Å². The Morgan fingerprint density at radius 1 is 1.41 bits per heavy atom. The number of benzene rings is 1. The molecule has 17 heavy (non-hydrogen) atoms. The summed E-state index contributed by atoms with van der Waals surface area (Å²) >= 11 is 3.46. The number of carbonyl (C=O) groups excluding carboxylic acids is 1. The SMILES string of the molecule is CCCC1Oc2c(cc(Br)cc2C(C)C)C1=O. The quantitative estimate of drug-likeness (QED) is 0.830. The van der Waals surface area contributed by atoms with Gasteiger partial charge >= 0.3 is 0 Å². The fourth-order valence-electron chi connectivity index (χ4n) is 2.18. The van der Waals surface area contributed by atoms with Gasteiger partial charge in [0.15, 0.2) is 6.10 Å². The average Bonchev–Trinajstić information content (AvgIpc) is 2.56. The molecule has 0 amide bonds. The Bertz CT molecular complexity index is 452. The summed E-state index contributed by atoms with van der Waals surface area (Å²) in [6.07, 6.45) is 1.48. The first-order chi connectivity index (χ1) is 8.04. The zero-order chi connectivity index (χ0) is 12.6. The Labute approximate surface area is 110 Å². The lowest BCUT2D eigenvalue weighted by atomic mass is 9.97. The van der Waals surface area contributed by atoms with Crippen molar-refractivity contribution in [2.45, 2.75) is 45.6 Å². The highest BCUT2D eigenvalue weighted by Gasteiger charge is 2.34. The lowest BCUT2D eigenvalue weighted by Crippen LogP contribution is -2.19. The van der Waals surface area contributed by atoms with Gasteiger partial charge in [0.2, 0.25) is 5.78 Å². The second-order valence-corrected chi connectivity index (χ2v) is 5.70. The van der Waals surface area contributed by atoms with Gasteiger partial charge in [0, 0.05) is 4.47 Å². The summed E-state index contributed by atoms with van der Waals surface area (Å²) < 4.78 is 6.79. The minimum atomic E-state index is -0.276. The summed E-state index contributed by atoms with van der Waals surface area (Å²) in [5, 5.41) is 0. The van der Waals surface area contributed by atoms with Crippen LogP contribution in [0.2, 0.25) is 0 Å². The van der Waals surface area contributed by atoms with Crippen LogP contribution in [-0.4, -0.2) is 11.9 Å². The molecule has 0 radical (unpaired) electrons. The van der Waals surface area contributed by atoms with Crippen molar-refractivity contribution in [3.05, 3.63) is 27.7 Å². The smallest absolute Gasteiger partial charge is 0.207 e. The molecule has 1 aromatic carbocycles. The van der Waals surface area contributed by atoms with Crippen molar-refractivity contribution in [2.75, 3.05) is 0 Å². The van der Waals surface area contributed by atoms with Crippen molar-refractivity contribution in [3.63, 3.8) is 0 Å². The van der Waals surface area contributed by atoms with Crippen molar-refractivity contribution < 1.29 is 9.53 Å². The van der Waals surface area contributed by atoms with Crippen LogP contribution in [0, 0.1) is 0 Å². The van der Waals surface area contributed by atoms with Crippen molar-refractivity contribution >= 4 is 21.7 Å². The van der Waals surface area contributed by atoms with Crippen LogP contribution < -0.4 is 4.74 Å². The van der Waals surface area contributed by atoms with E-state index in [1.807, 2.05) is 12.1 Å². The number of carbonyl (C=O) groups is 1. The highest BCUT2D eigenvalue weighted by molar-refractivity contribution is 9.10. The van der Waals surface area contributed by atoms with Crippen molar-refractivity contribution in [2.24, 2.45) is 0 Å². The molecule has 0 bridgehead atoms. The number of hydrogen-bond donors (Lipinski definition) is 0. The van der Waals surface area contributed by atoms with Gasteiger partial charge in [-0.1, -0.05) is 43.1 Å². The second-order valence-electron chi connectivity index (χ2n) is 4.79. The number of Topliss-reactive ketones (excluding diaryl/α,β-unsaturated/α-hetero) is 1. The Hall–Kier alpha value is -0.830. The van der Waals surface area contributed by atoms with Crippen LogP contribution >= 0.6 is 15.9 Å². The van der Waals surface area contributed by atoms with Crippen LogP contribution in [0.15, 0.2) is 16.6 Å². The number of hydrogen-bond acceptors (Lipinski definition) is 2. The Morgan fingerprint density at radius 3 is 2.71 bits per heavy atom. The molecule has 0 saturated carbocycles. The third-order valence-electron chi connectivity index (χ3n) is 3.07. The lowest BCUT2D eigenvalue weighted by molar-refractivity contribution is 0.0844. The minimum Gasteiger partial charge on any atom is -0.481 e. The molecule has 1 atom stereocenters. The van der Waals surface area contributed by atoms with E-state index >= 15 is 0 Å². The van der Waals surface area contributed by atoms with Gasteiger partial charge in [0.25, 0.3) is 0 Å². The van der Waals surface area contributed by atoms with Crippen molar-refractivity contribution in [1.82, 2.24) is 0 Å². The molecule has 0 fully saturated rings. The average molecular weight is 297 g/mol. The Kier molecular flexibility index (Phi) is 3.57. The fraction of sp³-hybridized carbons (Fsp3) is 0.500. The first-order valence-electron chi connectivity index (χ1n) is 6.09. The largest absolute Gasteiger partial charge is 0.481 e. The molecule has 1 aliphatic rings. The van der Waals surface area contributed by atoms with Gasteiger partial charge in [-0.25, -0.2) is 0 Å². The molecule has 0 N–H and O–H groups in total. The first kappa shape index (κ1) is 12.6. The molecule has 0 aliphatic carbocycles. The standard InChI is InChI=1S/C14H17BrO2/c1-4-5-12-13(16)11-7-9(15)6-10(8(2)3)14(11)17-12/h6-8,12H,4-5H2,1-3H3. The summed E-state index contributed by atoms with van der Waals surface area (Å²) in [6.45, 7) is 6.30. The molecule has 3 heteroatoms. The summed E-state index contributed by atoms with van der Waals surface area (Å²) in [5.74, 6) is 1.28. The monoisotopic (exact) mass is 296 g/mol. The summed E-state index contributed by atoms with van der Waals surface area (Å²) in [4.78, 5) is 12.2. The Morgan fingerprint density at radius 2 is 2.12 bits per heavy atom. The minimum absolute atomic E-state index is 0.130. The van der Waals surface area contributed by atoms with E-state index in [-0.39, 0.29) is 11.9 Å². The Balaban J connectivity index is 2.46. The topological polar surface area (TPSA) is 26.3 Å². The molecule has 1 unspecified atom stereocenters. The van der Waals surface area contributed by atoms with E-state index in [0.29, 0.717) is 5.92 Å². The van der Waals surface area contributed by atoms with Gasteiger partial charge in [-0.05, 0) is 30.0 Å². The molecule has 2 nitrogen and oxygen atoms in total. The van der Waals surface area contributed by atoms with E-state index in [1.165, 1.54) is 0 Å². The number of ketones is 1. The normalized spacial score (nSPS) is 18.4. The number of halogens is 1. The lowest BCUT2D eigenvalue weighted by Gasteiger charge is -2.13. The van der Waals surface area contributed by atoms with E-state index in [2.05, 4.69) is 36.7 Å². The zero-order valence-corrected chi connectivity index (χ0v) is 12.0. The van der Waals surface area contributed by atoms with E-state index in [4.69, 9.17) is 4.74 Å². The highest BCUT2D eigenvalue weighted by atomic mass is 79.9. The molecular formula is C14H17BrO2. The number of rotatable bonds is 3. The first-order valence-corrected chi connectivity index (χ1v) is 6.88. The van der Waals surface area contributed by atoms with Gasteiger partial charge in [0.1, 0.15) is 5.75 Å². The second kappa shape index (κ2) is 4.81. The zero-order valence-electron chi connectivity index (χ0n) is 10.4. The summed E-state index contributed by atoms with van der Waals surface area (Å²) in [6, 6.07) is 3.92. The maximum atomic E-state index is 12.2. The fourth-order valence-corrected chi connectivity index (χ4v) is 2.66. The molecule has 0 saturated heterocycles. The predicted molar refractivity (Wildman–Crippen MR) is 71.9 cm³/mol. The maximum absolute atomic E-state index is 12.2. The molecule has 1 aromatic rings. The van der Waals surface area contributed by atoms with Crippen LogP contribution in [0.5, 0.6) is 5.75 Å².